The molecule has 1 saturated heterocycles. The van der Waals surface area contributed by atoms with Crippen molar-refractivity contribution in [1.82, 2.24) is 9.88 Å². The van der Waals surface area contributed by atoms with E-state index in [1.54, 1.807) is 25.4 Å². The Morgan fingerprint density at radius 2 is 2.53 bits per heavy atom. The first kappa shape index (κ1) is 11.9. The molecule has 2 N–H and O–H groups in total. The van der Waals surface area contributed by atoms with Gasteiger partial charge in [0.25, 0.3) is 5.91 Å². The molecule has 92 valence electrons. The number of methoxy groups -OCH3 is 1. The van der Waals surface area contributed by atoms with Gasteiger partial charge >= 0.3 is 0 Å². The molecule has 0 aromatic carbocycles. The molecule has 5 heteroatoms. The fourth-order valence-electron chi connectivity index (χ4n) is 2.16. The molecule has 0 saturated carbocycles. The van der Waals surface area contributed by atoms with E-state index in [0.717, 1.165) is 19.5 Å². The second-order valence-corrected chi connectivity index (χ2v) is 4.30. The molecule has 1 aromatic rings. The predicted molar refractivity (Wildman–Crippen MR) is 64.5 cm³/mol. The summed E-state index contributed by atoms with van der Waals surface area (Å²) in [6.45, 7) is 2.20. The number of nitrogen functional groups attached to an aromatic ring is 1. The molecule has 1 atom stereocenters. The van der Waals surface area contributed by atoms with Gasteiger partial charge in [0.2, 0.25) is 0 Å². The van der Waals surface area contributed by atoms with Crippen molar-refractivity contribution in [2.75, 3.05) is 32.5 Å². The van der Waals surface area contributed by atoms with Crippen LogP contribution in [0.3, 0.4) is 0 Å². The average Bonchev–Trinajstić information content (AvgIpc) is 2.78. The van der Waals surface area contributed by atoms with Crippen molar-refractivity contribution in [2.24, 2.45) is 5.92 Å². The summed E-state index contributed by atoms with van der Waals surface area (Å²) in [6, 6.07) is 3.45. The van der Waals surface area contributed by atoms with Gasteiger partial charge in [-0.1, -0.05) is 0 Å². The summed E-state index contributed by atoms with van der Waals surface area (Å²) in [4.78, 5) is 17.9. The standard InChI is InChI=1S/C12H17N3O2/c1-17-8-9-4-6-15(7-9)12(16)10-3-2-5-14-11(10)13/h2-3,5,9H,4,6-8H2,1H3,(H2,13,14). The number of anilines is 1. The lowest BCUT2D eigenvalue weighted by molar-refractivity contribution is 0.0776. The third kappa shape index (κ3) is 2.55. The van der Waals surface area contributed by atoms with Crippen LogP contribution in [0.1, 0.15) is 16.8 Å². The van der Waals surface area contributed by atoms with Crippen molar-refractivity contribution in [3.63, 3.8) is 0 Å². The number of hydrogen-bond acceptors (Lipinski definition) is 4. The van der Waals surface area contributed by atoms with E-state index >= 15 is 0 Å². The normalized spacial score (nSPS) is 19.6. The van der Waals surface area contributed by atoms with Crippen molar-refractivity contribution < 1.29 is 9.53 Å². The van der Waals surface area contributed by atoms with Gasteiger partial charge in [0.15, 0.2) is 0 Å². The molecule has 1 amide bonds. The van der Waals surface area contributed by atoms with Gasteiger partial charge in [-0.15, -0.1) is 0 Å². The van der Waals surface area contributed by atoms with Gasteiger partial charge in [-0.25, -0.2) is 4.98 Å². The number of likely N-dealkylation sites (tertiary alicyclic amines) is 1. The van der Waals surface area contributed by atoms with Gasteiger partial charge in [-0.3, -0.25) is 4.79 Å². The lowest BCUT2D eigenvalue weighted by Gasteiger charge is -2.17. The van der Waals surface area contributed by atoms with Crippen molar-refractivity contribution in [2.45, 2.75) is 6.42 Å². The molecule has 2 rings (SSSR count). The summed E-state index contributed by atoms with van der Waals surface area (Å²) in [5.74, 6) is 0.698. The Balaban J connectivity index is 2.05. The van der Waals surface area contributed by atoms with Gasteiger partial charge in [-0.2, -0.15) is 0 Å². The Labute approximate surface area is 101 Å². The number of pyridine rings is 1. The first-order valence-electron chi connectivity index (χ1n) is 5.71. The summed E-state index contributed by atoms with van der Waals surface area (Å²) < 4.78 is 5.11. The van der Waals surface area contributed by atoms with E-state index in [1.807, 2.05) is 4.90 Å². The van der Waals surface area contributed by atoms with Crippen LogP contribution in [0.2, 0.25) is 0 Å². The number of aromatic nitrogens is 1. The third-order valence-corrected chi connectivity index (χ3v) is 3.04. The highest BCUT2D eigenvalue weighted by Gasteiger charge is 2.27. The van der Waals surface area contributed by atoms with E-state index in [-0.39, 0.29) is 5.91 Å². The van der Waals surface area contributed by atoms with E-state index in [2.05, 4.69) is 4.98 Å². The minimum Gasteiger partial charge on any atom is -0.384 e. The molecule has 0 bridgehead atoms. The average molecular weight is 235 g/mol. The topological polar surface area (TPSA) is 68.5 Å². The van der Waals surface area contributed by atoms with Crippen LogP contribution in [0, 0.1) is 5.92 Å². The molecule has 1 aliphatic heterocycles. The quantitative estimate of drug-likeness (QED) is 0.840. The Bertz CT molecular complexity index is 408. The zero-order valence-electron chi connectivity index (χ0n) is 9.93. The molecule has 5 nitrogen and oxygen atoms in total. The molecule has 1 aromatic heterocycles. The Morgan fingerprint density at radius 1 is 1.71 bits per heavy atom. The third-order valence-electron chi connectivity index (χ3n) is 3.04. The maximum Gasteiger partial charge on any atom is 0.257 e. The number of carbonyl (C=O) groups is 1. The van der Waals surface area contributed by atoms with Gasteiger partial charge in [0.1, 0.15) is 5.82 Å². The van der Waals surface area contributed by atoms with Crippen LogP contribution in [0.5, 0.6) is 0 Å². The number of nitrogens with zero attached hydrogens (tertiary/aromatic N) is 2. The summed E-state index contributed by atoms with van der Waals surface area (Å²) >= 11 is 0. The van der Waals surface area contributed by atoms with E-state index < -0.39 is 0 Å². The maximum absolute atomic E-state index is 12.2. The van der Waals surface area contributed by atoms with E-state index in [0.29, 0.717) is 23.9 Å². The number of rotatable bonds is 3. The summed E-state index contributed by atoms with van der Waals surface area (Å²) in [6.07, 6.45) is 2.57. The van der Waals surface area contributed by atoms with Crippen LogP contribution in [0.4, 0.5) is 5.82 Å². The minimum absolute atomic E-state index is 0.0331. The first-order chi connectivity index (χ1) is 8.22. The summed E-state index contributed by atoms with van der Waals surface area (Å²) in [7, 11) is 1.68. The second-order valence-electron chi connectivity index (χ2n) is 4.30. The molecule has 0 aliphatic carbocycles. The van der Waals surface area contributed by atoms with Crippen LogP contribution >= 0.6 is 0 Å². The van der Waals surface area contributed by atoms with Crippen molar-refractivity contribution in [3.8, 4) is 0 Å². The highest BCUT2D eigenvalue weighted by molar-refractivity contribution is 5.98. The maximum atomic E-state index is 12.2. The second kappa shape index (κ2) is 5.14. The van der Waals surface area contributed by atoms with Crippen LogP contribution in [-0.4, -0.2) is 42.6 Å². The molecule has 0 spiro atoms. The lowest BCUT2D eigenvalue weighted by atomic mass is 10.1. The smallest absolute Gasteiger partial charge is 0.257 e. The van der Waals surface area contributed by atoms with Crippen molar-refractivity contribution in [3.05, 3.63) is 23.9 Å². The Hall–Kier alpha value is -1.62. The van der Waals surface area contributed by atoms with Crippen molar-refractivity contribution in [1.29, 1.82) is 0 Å². The first-order valence-corrected chi connectivity index (χ1v) is 5.71. The van der Waals surface area contributed by atoms with Gasteiger partial charge in [0.05, 0.1) is 12.2 Å². The minimum atomic E-state index is -0.0331. The van der Waals surface area contributed by atoms with Crippen LogP contribution in [0.25, 0.3) is 0 Å². The van der Waals surface area contributed by atoms with E-state index in [4.69, 9.17) is 10.5 Å². The molecule has 0 radical (unpaired) electrons. The largest absolute Gasteiger partial charge is 0.384 e. The molecular formula is C12H17N3O2. The zero-order valence-corrected chi connectivity index (χ0v) is 9.93. The Kier molecular flexibility index (Phi) is 3.58. The SMILES string of the molecule is COCC1CCN(C(=O)c2cccnc2N)C1. The molecule has 1 unspecified atom stereocenters. The molecule has 1 aliphatic rings. The fourth-order valence-corrected chi connectivity index (χ4v) is 2.16. The summed E-state index contributed by atoms with van der Waals surface area (Å²) in [5.41, 5.74) is 6.19. The van der Waals surface area contributed by atoms with E-state index in [1.165, 1.54) is 0 Å². The number of hydrogen-bond donors (Lipinski definition) is 1. The van der Waals surface area contributed by atoms with Crippen LogP contribution in [-0.2, 0) is 4.74 Å². The van der Waals surface area contributed by atoms with Gasteiger partial charge in [-0.05, 0) is 18.6 Å². The number of ether oxygens (including phenoxy) is 1. The number of nitrogens with two attached hydrogens (primary N) is 1. The number of amides is 1. The molecule has 1 fully saturated rings. The summed E-state index contributed by atoms with van der Waals surface area (Å²) in [5, 5.41) is 0. The molecule has 17 heavy (non-hydrogen) atoms. The Morgan fingerprint density at radius 3 is 3.24 bits per heavy atom. The van der Waals surface area contributed by atoms with Crippen molar-refractivity contribution >= 4 is 11.7 Å². The van der Waals surface area contributed by atoms with Crippen LogP contribution in [0.15, 0.2) is 18.3 Å². The molecule has 2 heterocycles. The lowest BCUT2D eigenvalue weighted by Crippen LogP contribution is -2.30. The molecular weight excluding hydrogens is 218 g/mol. The fraction of sp³-hybridized carbons (Fsp3) is 0.500. The van der Waals surface area contributed by atoms with Gasteiger partial charge < -0.3 is 15.4 Å². The number of carbonyl (C=O) groups excluding carboxylic acids is 1. The highest BCUT2D eigenvalue weighted by atomic mass is 16.5. The monoisotopic (exact) mass is 235 g/mol. The predicted octanol–water partition coefficient (Wildman–Crippen LogP) is 0.772. The highest BCUT2D eigenvalue weighted by Crippen LogP contribution is 2.20. The van der Waals surface area contributed by atoms with E-state index in [9.17, 15) is 4.79 Å². The van der Waals surface area contributed by atoms with Gasteiger partial charge in [0, 0.05) is 32.3 Å². The van der Waals surface area contributed by atoms with Crippen LogP contribution < -0.4 is 5.73 Å². The zero-order chi connectivity index (χ0) is 12.3.